The van der Waals surface area contributed by atoms with Crippen LogP contribution in [0, 0.1) is 0 Å². The Kier molecular flexibility index (Phi) is 5.76. The second-order valence-electron chi connectivity index (χ2n) is 5.10. The van der Waals surface area contributed by atoms with E-state index in [-0.39, 0.29) is 0 Å². The number of nitrogens with one attached hydrogen (secondary N) is 1. The predicted molar refractivity (Wildman–Crippen MR) is 73.0 cm³/mol. The highest BCUT2D eigenvalue weighted by Crippen LogP contribution is 2.31. The van der Waals surface area contributed by atoms with Gasteiger partial charge >= 0.3 is 5.97 Å². The molecule has 0 saturated heterocycles. The first kappa shape index (κ1) is 16.4. The van der Waals surface area contributed by atoms with Gasteiger partial charge in [-0.05, 0) is 25.7 Å². The number of hydrogen-bond acceptors (Lipinski definition) is 3. The summed E-state index contributed by atoms with van der Waals surface area (Å²) in [5.74, 6) is -1.07. The van der Waals surface area contributed by atoms with E-state index in [0.717, 1.165) is 12.8 Å². The van der Waals surface area contributed by atoms with Crippen LogP contribution in [0.15, 0.2) is 0 Å². The number of carbonyl (C=O) groups is 1. The van der Waals surface area contributed by atoms with Gasteiger partial charge in [0.05, 0.1) is 0 Å². The average Bonchev–Trinajstić information content (AvgIpc) is 2.78. The molecule has 6 nitrogen and oxygen atoms in total. The van der Waals surface area contributed by atoms with E-state index in [1.807, 2.05) is 13.8 Å². The number of carboxylic acid groups (broad SMARTS) is 1. The summed E-state index contributed by atoms with van der Waals surface area (Å²) in [5, 5.41) is 9.32. The molecule has 1 aliphatic rings. The van der Waals surface area contributed by atoms with Crippen LogP contribution in [0.25, 0.3) is 0 Å². The van der Waals surface area contributed by atoms with Gasteiger partial charge < -0.3 is 5.11 Å². The number of nitrogens with zero attached hydrogens (tertiary/aromatic N) is 1. The molecule has 0 bridgehead atoms. The Bertz CT molecular complexity index is 396. The minimum atomic E-state index is -3.73. The lowest BCUT2D eigenvalue weighted by molar-refractivity contribution is -0.143. The highest BCUT2D eigenvalue weighted by molar-refractivity contribution is 7.87. The molecule has 0 aromatic heterocycles. The van der Waals surface area contributed by atoms with E-state index < -0.39 is 21.7 Å². The van der Waals surface area contributed by atoms with Gasteiger partial charge in [-0.1, -0.05) is 26.7 Å². The average molecular weight is 292 g/mol. The summed E-state index contributed by atoms with van der Waals surface area (Å²) >= 11 is 0. The number of carboxylic acids is 1. The van der Waals surface area contributed by atoms with Crippen molar-refractivity contribution in [2.45, 2.75) is 57.9 Å². The molecule has 0 aliphatic heterocycles. The standard InChI is InChI=1S/C12H24N2O4S/c1-3-9-14(10-4-2)19(17,18)13-12(11(15)16)7-5-6-8-12/h13H,3-10H2,1-2H3,(H,15,16). The monoisotopic (exact) mass is 292 g/mol. The molecule has 0 atom stereocenters. The normalized spacial score (nSPS) is 18.9. The van der Waals surface area contributed by atoms with Crippen LogP contribution < -0.4 is 4.72 Å². The van der Waals surface area contributed by atoms with E-state index in [9.17, 15) is 18.3 Å². The lowest BCUT2D eigenvalue weighted by Crippen LogP contribution is -2.56. The third-order valence-corrected chi connectivity index (χ3v) is 5.17. The van der Waals surface area contributed by atoms with Crippen LogP contribution in [0.1, 0.15) is 52.4 Å². The highest BCUT2D eigenvalue weighted by atomic mass is 32.2. The highest BCUT2D eigenvalue weighted by Gasteiger charge is 2.45. The molecule has 1 saturated carbocycles. The van der Waals surface area contributed by atoms with Crippen molar-refractivity contribution in [3.05, 3.63) is 0 Å². The first-order chi connectivity index (χ1) is 8.88. The minimum Gasteiger partial charge on any atom is -0.480 e. The van der Waals surface area contributed by atoms with Crippen LogP contribution in [-0.4, -0.2) is 42.4 Å². The zero-order chi connectivity index (χ0) is 14.5. The van der Waals surface area contributed by atoms with Gasteiger partial charge in [0.25, 0.3) is 10.2 Å². The van der Waals surface area contributed by atoms with Crippen molar-refractivity contribution in [3.63, 3.8) is 0 Å². The lowest BCUT2D eigenvalue weighted by Gasteiger charge is -2.29. The molecule has 0 amide bonds. The van der Waals surface area contributed by atoms with E-state index in [1.54, 1.807) is 0 Å². The Balaban J connectivity index is 2.89. The van der Waals surface area contributed by atoms with E-state index in [4.69, 9.17) is 0 Å². The first-order valence-corrected chi connectivity index (χ1v) is 8.34. The van der Waals surface area contributed by atoms with Crippen LogP contribution >= 0.6 is 0 Å². The maximum atomic E-state index is 12.3. The molecular formula is C12H24N2O4S. The summed E-state index contributed by atoms with van der Waals surface area (Å²) in [6, 6.07) is 0. The summed E-state index contributed by atoms with van der Waals surface area (Å²) in [4.78, 5) is 11.4. The SMILES string of the molecule is CCCN(CCC)S(=O)(=O)NC1(C(=O)O)CCCC1. The van der Waals surface area contributed by atoms with Gasteiger partial charge in [0.1, 0.15) is 5.54 Å². The van der Waals surface area contributed by atoms with Crippen molar-refractivity contribution >= 4 is 16.2 Å². The van der Waals surface area contributed by atoms with E-state index in [1.165, 1.54) is 4.31 Å². The van der Waals surface area contributed by atoms with Crippen LogP contribution in [-0.2, 0) is 15.0 Å². The van der Waals surface area contributed by atoms with Crippen LogP contribution in [0.5, 0.6) is 0 Å². The smallest absolute Gasteiger partial charge is 0.324 e. The molecule has 0 unspecified atom stereocenters. The molecule has 0 spiro atoms. The summed E-state index contributed by atoms with van der Waals surface area (Å²) < 4.78 is 28.4. The van der Waals surface area contributed by atoms with Crippen molar-refractivity contribution in [3.8, 4) is 0 Å². The molecule has 0 aromatic rings. The second-order valence-corrected chi connectivity index (χ2v) is 6.77. The summed E-state index contributed by atoms with van der Waals surface area (Å²) in [6.45, 7) is 4.64. The number of aliphatic carboxylic acids is 1. The Morgan fingerprint density at radius 3 is 2.05 bits per heavy atom. The van der Waals surface area contributed by atoms with Crippen LogP contribution in [0.2, 0.25) is 0 Å². The quantitative estimate of drug-likeness (QED) is 0.707. The molecule has 1 rings (SSSR count). The van der Waals surface area contributed by atoms with Gasteiger partial charge in [0.15, 0.2) is 0 Å². The van der Waals surface area contributed by atoms with Crippen molar-refractivity contribution in [2.75, 3.05) is 13.1 Å². The molecule has 7 heteroatoms. The fraction of sp³-hybridized carbons (Fsp3) is 0.917. The van der Waals surface area contributed by atoms with Gasteiger partial charge in [-0.25, -0.2) is 0 Å². The van der Waals surface area contributed by atoms with E-state index in [0.29, 0.717) is 38.8 Å². The van der Waals surface area contributed by atoms with Gasteiger partial charge in [-0.2, -0.15) is 17.4 Å². The zero-order valence-corrected chi connectivity index (χ0v) is 12.5. The topological polar surface area (TPSA) is 86.7 Å². The summed E-state index contributed by atoms with van der Waals surface area (Å²) in [6.07, 6.45) is 3.65. The Labute approximate surface area is 115 Å². The van der Waals surface area contributed by atoms with Crippen molar-refractivity contribution in [1.82, 2.24) is 9.03 Å². The fourth-order valence-corrected chi connectivity index (χ4v) is 4.26. The van der Waals surface area contributed by atoms with Crippen LogP contribution in [0.4, 0.5) is 0 Å². The molecule has 2 N–H and O–H groups in total. The van der Waals surface area contributed by atoms with Crippen molar-refractivity contribution < 1.29 is 18.3 Å². The minimum absolute atomic E-state index is 0.369. The molecule has 1 fully saturated rings. The molecule has 112 valence electrons. The molecule has 1 aliphatic carbocycles. The lowest BCUT2D eigenvalue weighted by atomic mass is 10.0. The van der Waals surface area contributed by atoms with Gasteiger partial charge in [-0.15, -0.1) is 0 Å². The fourth-order valence-electron chi connectivity index (χ4n) is 2.50. The largest absolute Gasteiger partial charge is 0.480 e. The Morgan fingerprint density at radius 1 is 1.21 bits per heavy atom. The van der Waals surface area contributed by atoms with Crippen molar-refractivity contribution in [1.29, 1.82) is 0 Å². The van der Waals surface area contributed by atoms with Crippen LogP contribution in [0.3, 0.4) is 0 Å². The predicted octanol–water partition coefficient (Wildman–Crippen LogP) is 1.34. The number of rotatable bonds is 8. The van der Waals surface area contributed by atoms with Gasteiger partial charge in [0.2, 0.25) is 0 Å². The van der Waals surface area contributed by atoms with Gasteiger partial charge in [0, 0.05) is 13.1 Å². The molecule has 0 aromatic carbocycles. The third kappa shape index (κ3) is 3.90. The van der Waals surface area contributed by atoms with E-state index in [2.05, 4.69) is 4.72 Å². The summed E-state index contributed by atoms with van der Waals surface area (Å²) in [7, 11) is -3.73. The van der Waals surface area contributed by atoms with Gasteiger partial charge in [-0.3, -0.25) is 4.79 Å². The zero-order valence-electron chi connectivity index (χ0n) is 11.7. The molecule has 19 heavy (non-hydrogen) atoms. The second kappa shape index (κ2) is 6.67. The first-order valence-electron chi connectivity index (χ1n) is 6.90. The number of hydrogen-bond donors (Lipinski definition) is 2. The maximum Gasteiger partial charge on any atom is 0.324 e. The molecule has 0 heterocycles. The van der Waals surface area contributed by atoms with Crippen molar-refractivity contribution in [2.24, 2.45) is 0 Å². The maximum absolute atomic E-state index is 12.3. The molecule has 0 radical (unpaired) electrons. The summed E-state index contributed by atoms with van der Waals surface area (Å²) in [5.41, 5.74) is -1.31. The Hall–Kier alpha value is -0.660. The Morgan fingerprint density at radius 2 is 1.68 bits per heavy atom. The third-order valence-electron chi connectivity index (χ3n) is 3.48. The van der Waals surface area contributed by atoms with E-state index >= 15 is 0 Å². The molecular weight excluding hydrogens is 268 g/mol.